The van der Waals surface area contributed by atoms with Crippen LogP contribution in [0, 0.1) is 0 Å². The second-order valence-corrected chi connectivity index (χ2v) is 5.39. The Hall–Kier alpha value is -1.94. The SMILES string of the molecule is C/C(=C1/CC(=O)NC1=O)c1cc2ccccc2s1. The molecule has 2 amide bonds. The number of nitrogens with one attached hydrogen (secondary N) is 1. The number of hydrogen-bond acceptors (Lipinski definition) is 3. The van der Waals surface area contributed by atoms with Crippen LogP contribution in [0.25, 0.3) is 15.7 Å². The third-order valence-electron chi connectivity index (χ3n) is 3.11. The van der Waals surface area contributed by atoms with E-state index < -0.39 is 0 Å². The summed E-state index contributed by atoms with van der Waals surface area (Å²) < 4.78 is 1.19. The number of hydrogen-bond donors (Lipinski definition) is 1. The summed E-state index contributed by atoms with van der Waals surface area (Å²) in [5, 5.41) is 3.49. The molecule has 2 heterocycles. The average Bonchev–Trinajstić information content (AvgIpc) is 2.91. The zero-order valence-electron chi connectivity index (χ0n) is 9.82. The monoisotopic (exact) mass is 257 g/mol. The van der Waals surface area contributed by atoms with E-state index in [9.17, 15) is 9.59 Å². The van der Waals surface area contributed by atoms with Crippen LogP contribution >= 0.6 is 11.3 Å². The Labute approximate surface area is 108 Å². The molecule has 2 aromatic rings. The van der Waals surface area contributed by atoms with Gasteiger partial charge in [0.15, 0.2) is 0 Å². The highest BCUT2D eigenvalue weighted by molar-refractivity contribution is 7.20. The molecule has 3 nitrogen and oxygen atoms in total. The third kappa shape index (κ3) is 1.75. The summed E-state index contributed by atoms with van der Waals surface area (Å²) in [7, 11) is 0. The Kier molecular flexibility index (Phi) is 2.52. The van der Waals surface area contributed by atoms with Crippen molar-refractivity contribution in [1.82, 2.24) is 5.32 Å². The molecule has 0 saturated carbocycles. The maximum atomic E-state index is 11.6. The first-order valence-electron chi connectivity index (χ1n) is 5.68. The van der Waals surface area contributed by atoms with Crippen LogP contribution < -0.4 is 5.32 Å². The lowest BCUT2D eigenvalue weighted by molar-refractivity contribution is -0.124. The molecule has 1 aromatic heterocycles. The fourth-order valence-electron chi connectivity index (χ4n) is 2.11. The van der Waals surface area contributed by atoms with Crippen LogP contribution in [0.15, 0.2) is 35.9 Å². The molecule has 1 N–H and O–H groups in total. The topological polar surface area (TPSA) is 46.2 Å². The second-order valence-electron chi connectivity index (χ2n) is 4.31. The van der Waals surface area contributed by atoms with Crippen molar-refractivity contribution < 1.29 is 9.59 Å². The lowest BCUT2D eigenvalue weighted by Crippen LogP contribution is -2.19. The minimum Gasteiger partial charge on any atom is -0.292 e. The number of amides is 2. The number of thiophene rings is 1. The number of benzene rings is 1. The Morgan fingerprint density at radius 3 is 2.72 bits per heavy atom. The Morgan fingerprint density at radius 2 is 2.06 bits per heavy atom. The van der Waals surface area contributed by atoms with Gasteiger partial charge in [0, 0.05) is 15.2 Å². The van der Waals surface area contributed by atoms with Crippen LogP contribution in [0.5, 0.6) is 0 Å². The number of imide groups is 1. The van der Waals surface area contributed by atoms with Gasteiger partial charge in [-0.25, -0.2) is 0 Å². The van der Waals surface area contributed by atoms with Gasteiger partial charge in [0.2, 0.25) is 5.91 Å². The molecule has 90 valence electrons. The van der Waals surface area contributed by atoms with Crippen LogP contribution in [-0.2, 0) is 9.59 Å². The standard InChI is InChI=1S/C14H11NO2S/c1-8(10-7-13(16)15-14(10)17)12-6-9-4-2-3-5-11(9)18-12/h2-6H,7H2,1H3,(H,15,16,17)/b10-8+. The number of fused-ring (bicyclic) bond motifs is 1. The van der Waals surface area contributed by atoms with Gasteiger partial charge in [0.05, 0.1) is 6.42 Å². The Balaban J connectivity index is 2.11. The van der Waals surface area contributed by atoms with Crippen LogP contribution in [0.2, 0.25) is 0 Å². The van der Waals surface area contributed by atoms with Gasteiger partial charge in [0.1, 0.15) is 0 Å². The first kappa shape index (κ1) is 11.2. The van der Waals surface area contributed by atoms with Gasteiger partial charge < -0.3 is 0 Å². The molecular weight excluding hydrogens is 246 g/mol. The largest absolute Gasteiger partial charge is 0.292 e. The van der Waals surface area contributed by atoms with E-state index in [0.717, 1.165) is 10.5 Å². The first-order chi connectivity index (χ1) is 8.65. The summed E-state index contributed by atoms with van der Waals surface area (Å²) in [6.07, 6.45) is 0.193. The highest BCUT2D eigenvalue weighted by atomic mass is 32.1. The second kappa shape index (κ2) is 4.07. The van der Waals surface area contributed by atoms with E-state index in [1.807, 2.05) is 25.1 Å². The molecule has 1 aliphatic rings. The summed E-state index contributed by atoms with van der Waals surface area (Å²) >= 11 is 1.65. The van der Waals surface area contributed by atoms with Gasteiger partial charge in [-0.2, -0.15) is 0 Å². The fraction of sp³-hybridized carbons (Fsp3) is 0.143. The predicted octanol–water partition coefficient (Wildman–Crippen LogP) is 2.72. The molecule has 1 fully saturated rings. The molecule has 1 saturated heterocycles. The molecule has 0 spiro atoms. The fourth-order valence-corrected chi connectivity index (χ4v) is 3.20. The molecular formula is C14H11NO2S. The van der Waals surface area contributed by atoms with E-state index in [4.69, 9.17) is 0 Å². The van der Waals surface area contributed by atoms with Crippen molar-refractivity contribution in [3.63, 3.8) is 0 Å². The molecule has 0 aliphatic carbocycles. The maximum Gasteiger partial charge on any atom is 0.254 e. The number of carbonyl (C=O) groups excluding carboxylic acids is 2. The smallest absolute Gasteiger partial charge is 0.254 e. The first-order valence-corrected chi connectivity index (χ1v) is 6.49. The average molecular weight is 257 g/mol. The minimum absolute atomic E-state index is 0.193. The van der Waals surface area contributed by atoms with Gasteiger partial charge >= 0.3 is 0 Å². The molecule has 0 unspecified atom stereocenters. The molecule has 0 radical (unpaired) electrons. The zero-order valence-corrected chi connectivity index (χ0v) is 10.6. The van der Waals surface area contributed by atoms with E-state index >= 15 is 0 Å². The summed E-state index contributed by atoms with van der Waals surface area (Å²) in [6, 6.07) is 10.2. The Morgan fingerprint density at radius 1 is 1.28 bits per heavy atom. The zero-order chi connectivity index (χ0) is 12.7. The van der Waals surface area contributed by atoms with E-state index in [2.05, 4.69) is 17.4 Å². The normalized spacial score (nSPS) is 18.3. The van der Waals surface area contributed by atoms with Crippen molar-refractivity contribution in [2.45, 2.75) is 13.3 Å². The van der Waals surface area contributed by atoms with Crippen LogP contribution in [0.1, 0.15) is 18.2 Å². The predicted molar refractivity (Wildman–Crippen MR) is 72.2 cm³/mol. The molecule has 1 aliphatic heterocycles. The number of carbonyl (C=O) groups is 2. The molecule has 18 heavy (non-hydrogen) atoms. The Bertz CT molecular complexity index is 664. The number of rotatable bonds is 1. The summed E-state index contributed by atoms with van der Waals surface area (Å²) in [4.78, 5) is 23.9. The summed E-state index contributed by atoms with van der Waals surface area (Å²) in [5.74, 6) is -0.467. The highest BCUT2D eigenvalue weighted by Gasteiger charge is 2.26. The molecule has 1 aromatic carbocycles. The van der Waals surface area contributed by atoms with Crippen molar-refractivity contribution in [3.8, 4) is 0 Å². The van der Waals surface area contributed by atoms with Crippen molar-refractivity contribution in [2.24, 2.45) is 0 Å². The van der Waals surface area contributed by atoms with Crippen molar-refractivity contribution in [1.29, 1.82) is 0 Å². The van der Waals surface area contributed by atoms with E-state index in [-0.39, 0.29) is 18.2 Å². The van der Waals surface area contributed by atoms with Crippen molar-refractivity contribution >= 4 is 38.8 Å². The number of allylic oxidation sites excluding steroid dienone is 1. The quantitative estimate of drug-likeness (QED) is 0.630. The van der Waals surface area contributed by atoms with Gasteiger partial charge in [0.25, 0.3) is 5.91 Å². The van der Waals surface area contributed by atoms with E-state index in [1.54, 1.807) is 11.3 Å². The lowest BCUT2D eigenvalue weighted by atomic mass is 10.1. The molecule has 4 heteroatoms. The molecule has 0 bridgehead atoms. The summed E-state index contributed by atoms with van der Waals surface area (Å²) in [5.41, 5.74) is 1.49. The van der Waals surface area contributed by atoms with Crippen LogP contribution in [0.4, 0.5) is 0 Å². The van der Waals surface area contributed by atoms with E-state index in [1.165, 1.54) is 10.1 Å². The van der Waals surface area contributed by atoms with Crippen molar-refractivity contribution in [2.75, 3.05) is 0 Å². The molecule has 0 atom stereocenters. The van der Waals surface area contributed by atoms with Crippen LogP contribution in [-0.4, -0.2) is 11.8 Å². The lowest BCUT2D eigenvalue weighted by Gasteiger charge is -1.99. The summed E-state index contributed by atoms with van der Waals surface area (Å²) in [6.45, 7) is 1.90. The molecule has 3 rings (SSSR count). The van der Waals surface area contributed by atoms with Crippen molar-refractivity contribution in [3.05, 3.63) is 40.8 Å². The minimum atomic E-state index is -0.255. The van der Waals surface area contributed by atoms with E-state index in [0.29, 0.717) is 5.57 Å². The maximum absolute atomic E-state index is 11.6. The van der Waals surface area contributed by atoms with Gasteiger partial charge in [-0.15, -0.1) is 11.3 Å². The van der Waals surface area contributed by atoms with Crippen LogP contribution in [0.3, 0.4) is 0 Å². The van der Waals surface area contributed by atoms with Gasteiger partial charge in [-0.3, -0.25) is 14.9 Å². The third-order valence-corrected chi connectivity index (χ3v) is 4.35. The highest BCUT2D eigenvalue weighted by Crippen LogP contribution is 2.33. The van der Waals surface area contributed by atoms with Gasteiger partial charge in [-0.1, -0.05) is 18.2 Å². The van der Waals surface area contributed by atoms with Gasteiger partial charge in [-0.05, 0) is 30.0 Å².